The van der Waals surface area contributed by atoms with E-state index in [4.69, 9.17) is 4.74 Å². The Balaban J connectivity index is 1.94. The fourth-order valence-corrected chi connectivity index (χ4v) is 2.57. The second-order valence-corrected chi connectivity index (χ2v) is 6.63. The topological polar surface area (TPSA) is 70.6 Å². The van der Waals surface area contributed by atoms with Gasteiger partial charge in [-0.15, -0.1) is 0 Å². The molecule has 0 bridgehead atoms. The van der Waals surface area contributed by atoms with Crippen LogP contribution in [0.15, 0.2) is 60.7 Å². The van der Waals surface area contributed by atoms with Crippen LogP contribution in [0, 0.1) is 0 Å². The van der Waals surface area contributed by atoms with Crippen molar-refractivity contribution in [2.24, 2.45) is 0 Å². The minimum Gasteiger partial charge on any atom is -0.445 e. The molecule has 5 heteroatoms. The summed E-state index contributed by atoms with van der Waals surface area (Å²) in [5.74, 6) is 0. The van der Waals surface area contributed by atoms with Crippen LogP contribution in [0.1, 0.15) is 25.0 Å². The summed E-state index contributed by atoms with van der Waals surface area (Å²) in [6.45, 7) is 4.63. The Morgan fingerprint density at radius 3 is 2.15 bits per heavy atom. The molecule has 140 valence electrons. The van der Waals surface area contributed by atoms with Crippen LogP contribution >= 0.6 is 0 Å². The molecule has 0 saturated heterocycles. The van der Waals surface area contributed by atoms with Crippen molar-refractivity contribution in [3.05, 3.63) is 71.8 Å². The maximum absolute atomic E-state index is 12.2. The van der Waals surface area contributed by atoms with Crippen molar-refractivity contribution in [3.63, 3.8) is 0 Å². The number of amides is 1. The number of hydrogen-bond donors (Lipinski definition) is 3. The molecule has 5 nitrogen and oxygen atoms in total. The SMILES string of the molecule is CC(C)NC[C@@H](O)[C@H](Cc1ccccc1)NC(=O)OCc1ccccc1. The number of carbonyl (C=O) groups excluding carboxylic acids is 1. The van der Waals surface area contributed by atoms with Crippen LogP contribution in [0.3, 0.4) is 0 Å². The molecule has 0 aromatic heterocycles. The summed E-state index contributed by atoms with van der Waals surface area (Å²) in [6, 6.07) is 19.1. The van der Waals surface area contributed by atoms with Gasteiger partial charge in [0.2, 0.25) is 0 Å². The van der Waals surface area contributed by atoms with E-state index in [1.54, 1.807) is 0 Å². The average Bonchev–Trinajstić information content (AvgIpc) is 2.65. The first-order chi connectivity index (χ1) is 12.5. The van der Waals surface area contributed by atoms with E-state index in [-0.39, 0.29) is 12.6 Å². The Morgan fingerprint density at radius 2 is 1.58 bits per heavy atom. The third-order valence-electron chi connectivity index (χ3n) is 4.01. The Bertz CT molecular complexity index is 647. The quantitative estimate of drug-likeness (QED) is 0.646. The smallest absolute Gasteiger partial charge is 0.407 e. The third kappa shape index (κ3) is 7.25. The lowest BCUT2D eigenvalue weighted by molar-refractivity contribution is 0.0995. The van der Waals surface area contributed by atoms with Crippen molar-refractivity contribution < 1.29 is 14.6 Å². The van der Waals surface area contributed by atoms with Crippen LogP contribution in [-0.2, 0) is 17.8 Å². The van der Waals surface area contributed by atoms with Crippen molar-refractivity contribution in [1.29, 1.82) is 0 Å². The van der Waals surface area contributed by atoms with E-state index in [0.717, 1.165) is 11.1 Å². The number of ether oxygens (including phenoxy) is 1. The van der Waals surface area contributed by atoms with Gasteiger partial charge in [0.1, 0.15) is 6.61 Å². The fourth-order valence-electron chi connectivity index (χ4n) is 2.57. The highest BCUT2D eigenvalue weighted by atomic mass is 16.5. The monoisotopic (exact) mass is 356 g/mol. The van der Waals surface area contributed by atoms with E-state index in [0.29, 0.717) is 13.0 Å². The van der Waals surface area contributed by atoms with Crippen LogP contribution < -0.4 is 10.6 Å². The maximum atomic E-state index is 12.2. The van der Waals surface area contributed by atoms with Crippen LogP contribution in [-0.4, -0.2) is 35.9 Å². The zero-order chi connectivity index (χ0) is 18.8. The number of hydrogen-bond acceptors (Lipinski definition) is 4. The summed E-state index contributed by atoms with van der Waals surface area (Å²) in [5.41, 5.74) is 1.97. The minimum atomic E-state index is -0.720. The average molecular weight is 356 g/mol. The summed E-state index contributed by atoms with van der Waals surface area (Å²) in [6.07, 6.45) is -0.720. The molecule has 0 saturated carbocycles. The van der Waals surface area contributed by atoms with Gasteiger partial charge in [-0.2, -0.15) is 0 Å². The van der Waals surface area contributed by atoms with Gasteiger partial charge >= 0.3 is 6.09 Å². The molecular formula is C21H28N2O3. The highest BCUT2D eigenvalue weighted by Gasteiger charge is 2.22. The second-order valence-electron chi connectivity index (χ2n) is 6.63. The number of aliphatic hydroxyl groups is 1. The molecule has 26 heavy (non-hydrogen) atoms. The lowest BCUT2D eigenvalue weighted by Crippen LogP contribution is -2.49. The van der Waals surface area contributed by atoms with Crippen molar-refractivity contribution in [3.8, 4) is 0 Å². The fraction of sp³-hybridized carbons (Fsp3) is 0.381. The first-order valence-corrected chi connectivity index (χ1v) is 8.97. The summed E-state index contributed by atoms with van der Waals surface area (Å²) in [7, 11) is 0. The van der Waals surface area contributed by atoms with Gasteiger partial charge in [-0.25, -0.2) is 4.79 Å². The van der Waals surface area contributed by atoms with E-state index < -0.39 is 18.2 Å². The Hall–Kier alpha value is -2.37. The van der Waals surface area contributed by atoms with Crippen molar-refractivity contribution >= 4 is 6.09 Å². The summed E-state index contributed by atoms with van der Waals surface area (Å²) < 4.78 is 5.29. The number of aliphatic hydroxyl groups excluding tert-OH is 1. The molecule has 0 aliphatic heterocycles. The van der Waals surface area contributed by atoms with Crippen LogP contribution in [0.4, 0.5) is 4.79 Å². The van der Waals surface area contributed by atoms with E-state index in [9.17, 15) is 9.90 Å². The molecule has 0 aliphatic rings. The number of nitrogens with one attached hydrogen (secondary N) is 2. The van der Waals surface area contributed by atoms with Gasteiger partial charge in [-0.05, 0) is 17.5 Å². The maximum Gasteiger partial charge on any atom is 0.407 e. The number of carbonyl (C=O) groups is 1. The molecular weight excluding hydrogens is 328 g/mol. The predicted octanol–water partition coefficient (Wildman–Crippen LogP) is 2.88. The van der Waals surface area contributed by atoms with Gasteiger partial charge in [-0.3, -0.25) is 0 Å². The van der Waals surface area contributed by atoms with E-state index in [1.807, 2.05) is 74.5 Å². The van der Waals surface area contributed by atoms with Gasteiger partial charge in [0.15, 0.2) is 0 Å². The van der Waals surface area contributed by atoms with E-state index in [1.165, 1.54) is 0 Å². The second kappa shape index (κ2) is 10.6. The van der Waals surface area contributed by atoms with Gasteiger partial charge in [0.05, 0.1) is 12.1 Å². The lowest BCUT2D eigenvalue weighted by atomic mass is 10.0. The lowest BCUT2D eigenvalue weighted by Gasteiger charge is -2.25. The standard InChI is InChI=1S/C21H28N2O3/c1-16(2)22-14-20(24)19(13-17-9-5-3-6-10-17)23-21(25)26-15-18-11-7-4-8-12-18/h3-12,16,19-20,22,24H,13-15H2,1-2H3,(H,23,25)/t19-,20+/m0/s1. The molecule has 0 spiro atoms. The van der Waals surface area contributed by atoms with Gasteiger partial charge in [-0.1, -0.05) is 74.5 Å². The molecule has 3 N–H and O–H groups in total. The van der Waals surface area contributed by atoms with Crippen molar-refractivity contribution in [1.82, 2.24) is 10.6 Å². The molecule has 1 amide bonds. The minimum absolute atomic E-state index is 0.199. The molecule has 0 fully saturated rings. The van der Waals surface area contributed by atoms with E-state index >= 15 is 0 Å². The zero-order valence-electron chi connectivity index (χ0n) is 15.4. The van der Waals surface area contributed by atoms with Crippen LogP contribution in [0.2, 0.25) is 0 Å². The summed E-state index contributed by atoms with van der Waals surface area (Å²) in [4.78, 5) is 12.2. The molecule has 2 atom stereocenters. The van der Waals surface area contributed by atoms with Gasteiger partial charge < -0.3 is 20.5 Å². The predicted molar refractivity (Wildman–Crippen MR) is 103 cm³/mol. The summed E-state index contributed by atoms with van der Waals surface area (Å²) in [5, 5.41) is 16.5. The van der Waals surface area contributed by atoms with Crippen LogP contribution in [0.5, 0.6) is 0 Å². The Kier molecular flexibility index (Phi) is 8.12. The number of alkyl carbamates (subject to hydrolysis) is 1. The molecule has 0 heterocycles. The first-order valence-electron chi connectivity index (χ1n) is 8.97. The molecule has 2 rings (SSSR count). The first kappa shape index (κ1) is 19.9. The molecule has 2 aromatic rings. The number of rotatable bonds is 9. The highest BCUT2D eigenvalue weighted by molar-refractivity contribution is 5.67. The Labute approximate surface area is 155 Å². The highest BCUT2D eigenvalue weighted by Crippen LogP contribution is 2.08. The van der Waals surface area contributed by atoms with Gasteiger partial charge in [0.25, 0.3) is 0 Å². The largest absolute Gasteiger partial charge is 0.445 e. The Morgan fingerprint density at radius 1 is 1.00 bits per heavy atom. The van der Waals surface area contributed by atoms with E-state index in [2.05, 4.69) is 10.6 Å². The molecule has 0 radical (unpaired) electrons. The van der Waals surface area contributed by atoms with Crippen LogP contribution in [0.25, 0.3) is 0 Å². The van der Waals surface area contributed by atoms with Gasteiger partial charge in [0, 0.05) is 12.6 Å². The third-order valence-corrected chi connectivity index (χ3v) is 4.01. The zero-order valence-corrected chi connectivity index (χ0v) is 15.4. The molecule has 0 unspecified atom stereocenters. The normalized spacial score (nSPS) is 13.2. The van der Waals surface area contributed by atoms with Crippen molar-refractivity contribution in [2.75, 3.05) is 6.54 Å². The molecule has 2 aromatic carbocycles. The summed E-state index contributed by atoms with van der Waals surface area (Å²) >= 11 is 0. The molecule has 0 aliphatic carbocycles. The van der Waals surface area contributed by atoms with Crippen molar-refractivity contribution in [2.45, 2.75) is 45.1 Å². The number of benzene rings is 2.